The highest BCUT2D eigenvalue weighted by atomic mass is 16.5. The topological polar surface area (TPSA) is 131 Å². The van der Waals surface area contributed by atoms with Crippen molar-refractivity contribution in [2.45, 2.75) is 38.1 Å². The van der Waals surface area contributed by atoms with Crippen molar-refractivity contribution < 1.29 is 28.3 Å². The van der Waals surface area contributed by atoms with E-state index in [4.69, 9.17) is 9.15 Å². The van der Waals surface area contributed by atoms with Gasteiger partial charge in [-0.25, -0.2) is 14.6 Å². The number of para-hydroxylation sites is 1. The molecule has 35 heavy (non-hydrogen) atoms. The molecule has 1 aliphatic carbocycles. The van der Waals surface area contributed by atoms with E-state index in [1.165, 1.54) is 12.3 Å². The first-order chi connectivity index (χ1) is 16.9. The quantitative estimate of drug-likeness (QED) is 0.427. The number of benzene rings is 1. The van der Waals surface area contributed by atoms with Crippen molar-refractivity contribution in [1.82, 2.24) is 20.7 Å². The first kappa shape index (κ1) is 22.6. The minimum absolute atomic E-state index is 0.208. The Morgan fingerprint density at radius 1 is 1.20 bits per heavy atom. The summed E-state index contributed by atoms with van der Waals surface area (Å²) in [6.07, 6.45) is 4.17. The molecule has 2 fully saturated rings. The molecule has 0 unspecified atom stereocenters. The Hall–Kier alpha value is -4.21. The number of hydrogen-bond donors (Lipinski definition) is 2. The van der Waals surface area contributed by atoms with Gasteiger partial charge >= 0.3 is 12.0 Å². The number of pyridine rings is 1. The highest BCUT2D eigenvalue weighted by molar-refractivity contribution is 6.08. The molecule has 0 bridgehead atoms. The van der Waals surface area contributed by atoms with Crippen LogP contribution in [0, 0.1) is 5.92 Å². The number of imide groups is 1. The molecule has 2 N–H and O–H groups in total. The van der Waals surface area contributed by atoms with Gasteiger partial charge in [0.15, 0.2) is 12.4 Å². The molecule has 0 radical (unpaired) electrons. The summed E-state index contributed by atoms with van der Waals surface area (Å²) in [5.74, 6) is -1.08. The molecule has 4 amide bonds. The summed E-state index contributed by atoms with van der Waals surface area (Å²) in [6, 6.07) is 11.3. The van der Waals surface area contributed by atoms with Crippen LogP contribution in [0.2, 0.25) is 0 Å². The summed E-state index contributed by atoms with van der Waals surface area (Å²) in [5, 5.41) is 3.96. The van der Waals surface area contributed by atoms with Gasteiger partial charge in [0, 0.05) is 5.39 Å². The fourth-order valence-corrected chi connectivity index (χ4v) is 4.58. The third-order valence-corrected chi connectivity index (χ3v) is 6.57. The number of fused-ring (bicyclic) bond motifs is 1. The zero-order chi connectivity index (χ0) is 24.6. The number of nitrogens with zero attached hydrogens (tertiary/aromatic N) is 2. The molecule has 1 saturated carbocycles. The molecule has 3 heterocycles. The van der Waals surface area contributed by atoms with Crippen LogP contribution in [0.5, 0.6) is 0 Å². The van der Waals surface area contributed by atoms with Gasteiger partial charge in [-0.3, -0.25) is 15.0 Å². The minimum Gasteiger partial charge on any atom is -0.463 e. The van der Waals surface area contributed by atoms with Gasteiger partial charge in [-0.15, -0.1) is 0 Å². The first-order valence-corrected chi connectivity index (χ1v) is 11.4. The number of rotatable bonds is 5. The number of esters is 1. The molecule has 1 spiro atoms. The van der Waals surface area contributed by atoms with Crippen LogP contribution in [0.1, 0.15) is 43.0 Å². The first-order valence-electron chi connectivity index (χ1n) is 11.4. The Balaban J connectivity index is 1.27. The van der Waals surface area contributed by atoms with Crippen LogP contribution in [0.4, 0.5) is 4.79 Å². The number of furan rings is 1. The molecule has 1 aliphatic heterocycles. The van der Waals surface area contributed by atoms with Gasteiger partial charge in [0.2, 0.25) is 0 Å². The fraction of sp³-hybridized carbons (Fsp3) is 0.320. The summed E-state index contributed by atoms with van der Waals surface area (Å²) < 4.78 is 10.6. The van der Waals surface area contributed by atoms with Crippen molar-refractivity contribution in [1.29, 1.82) is 0 Å². The number of urea groups is 1. The molecular formula is C25H24N4O6. The summed E-state index contributed by atoms with van der Waals surface area (Å²) >= 11 is 0. The molecule has 5 rings (SSSR count). The fourth-order valence-electron chi connectivity index (χ4n) is 4.58. The van der Waals surface area contributed by atoms with Crippen molar-refractivity contribution in [2.75, 3.05) is 6.61 Å². The van der Waals surface area contributed by atoms with Crippen molar-refractivity contribution in [2.24, 2.45) is 5.92 Å². The molecule has 180 valence electrons. The van der Waals surface area contributed by atoms with Crippen LogP contribution in [-0.2, 0) is 14.3 Å². The van der Waals surface area contributed by atoms with Crippen molar-refractivity contribution in [3.63, 3.8) is 0 Å². The van der Waals surface area contributed by atoms with Gasteiger partial charge in [0.1, 0.15) is 11.2 Å². The van der Waals surface area contributed by atoms with E-state index in [-0.39, 0.29) is 5.56 Å². The average Bonchev–Trinajstić information content (AvgIpc) is 3.48. The van der Waals surface area contributed by atoms with Crippen LogP contribution in [0.3, 0.4) is 0 Å². The lowest BCUT2D eigenvalue weighted by Crippen LogP contribution is -2.52. The van der Waals surface area contributed by atoms with Gasteiger partial charge < -0.3 is 14.5 Å². The maximum atomic E-state index is 12.9. The lowest BCUT2D eigenvalue weighted by molar-refractivity contribution is -0.141. The van der Waals surface area contributed by atoms with E-state index in [1.54, 1.807) is 36.4 Å². The van der Waals surface area contributed by atoms with Crippen LogP contribution in [-0.4, -0.2) is 46.0 Å². The zero-order valence-electron chi connectivity index (χ0n) is 19.1. The Morgan fingerprint density at radius 3 is 2.71 bits per heavy atom. The predicted octanol–water partition coefficient (Wildman–Crippen LogP) is 3.18. The number of nitrogens with one attached hydrogen (secondary N) is 2. The standard InChI is InChI=1S/C25H24N4O6/c1-15-8-10-25(11-9-15)23(32)29(24(33)27-25)28-21(30)14-35-22(31)17-13-19(20-7-4-12-34-20)26-18-6-3-2-5-16(17)18/h2-7,12-13,15H,8-11,14H2,1H3,(H,27,33)(H,28,30). The largest absolute Gasteiger partial charge is 0.463 e. The summed E-state index contributed by atoms with van der Waals surface area (Å²) in [7, 11) is 0. The normalized spacial score (nSPS) is 21.9. The molecule has 0 atom stereocenters. The molecule has 10 heteroatoms. The van der Waals surface area contributed by atoms with E-state index in [1.807, 2.05) is 0 Å². The zero-order valence-corrected chi connectivity index (χ0v) is 19.1. The number of hydrogen-bond acceptors (Lipinski definition) is 7. The van der Waals surface area contributed by atoms with Crippen molar-refractivity contribution >= 4 is 34.7 Å². The van der Waals surface area contributed by atoms with Crippen LogP contribution in [0.25, 0.3) is 22.4 Å². The Morgan fingerprint density at radius 2 is 1.97 bits per heavy atom. The van der Waals surface area contributed by atoms with Gasteiger partial charge in [-0.2, -0.15) is 5.01 Å². The Bertz CT molecular complexity index is 1310. The molecule has 1 saturated heterocycles. The minimum atomic E-state index is -0.980. The van der Waals surface area contributed by atoms with E-state index in [0.29, 0.717) is 46.1 Å². The third kappa shape index (κ3) is 4.23. The lowest BCUT2D eigenvalue weighted by atomic mass is 9.77. The molecular weight excluding hydrogens is 452 g/mol. The summed E-state index contributed by atoms with van der Waals surface area (Å²) in [6.45, 7) is 1.43. The van der Waals surface area contributed by atoms with Crippen LogP contribution in [0.15, 0.2) is 53.1 Å². The number of carbonyl (C=O) groups excluding carboxylic acids is 4. The predicted molar refractivity (Wildman–Crippen MR) is 124 cm³/mol. The Kier molecular flexibility index (Phi) is 5.72. The van der Waals surface area contributed by atoms with Crippen molar-refractivity contribution in [3.05, 3.63) is 54.3 Å². The number of ether oxygens (including phenoxy) is 1. The SMILES string of the molecule is CC1CCC2(CC1)NC(=O)N(NC(=O)COC(=O)c1cc(-c3ccco3)nc3ccccc13)C2=O. The average molecular weight is 476 g/mol. The van der Waals surface area contributed by atoms with Gasteiger partial charge in [0.05, 0.1) is 17.3 Å². The van der Waals surface area contributed by atoms with E-state index in [2.05, 4.69) is 22.7 Å². The maximum absolute atomic E-state index is 12.9. The lowest BCUT2D eigenvalue weighted by Gasteiger charge is -2.33. The van der Waals surface area contributed by atoms with Gasteiger partial charge in [0.25, 0.3) is 11.8 Å². The maximum Gasteiger partial charge on any atom is 0.344 e. The number of aromatic nitrogens is 1. The van der Waals surface area contributed by atoms with Gasteiger partial charge in [-0.05, 0) is 55.9 Å². The van der Waals surface area contributed by atoms with Gasteiger partial charge in [-0.1, -0.05) is 25.1 Å². The molecule has 1 aromatic carbocycles. The van der Waals surface area contributed by atoms with Crippen LogP contribution < -0.4 is 10.7 Å². The monoisotopic (exact) mass is 476 g/mol. The number of amides is 4. The van der Waals surface area contributed by atoms with E-state index in [0.717, 1.165) is 12.8 Å². The third-order valence-electron chi connectivity index (χ3n) is 6.57. The summed E-state index contributed by atoms with van der Waals surface area (Å²) in [4.78, 5) is 55.2. The second kappa shape index (κ2) is 8.86. The molecule has 2 aromatic heterocycles. The Labute approximate surface area is 200 Å². The smallest absolute Gasteiger partial charge is 0.344 e. The van der Waals surface area contributed by atoms with Crippen molar-refractivity contribution in [3.8, 4) is 11.5 Å². The summed E-state index contributed by atoms with van der Waals surface area (Å²) in [5.41, 5.74) is 2.50. The highest BCUT2D eigenvalue weighted by Crippen LogP contribution is 2.35. The molecule has 3 aromatic rings. The highest BCUT2D eigenvalue weighted by Gasteiger charge is 2.52. The molecule has 2 aliphatic rings. The van der Waals surface area contributed by atoms with Crippen LogP contribution >= 0.6 is 0 Å². The van der Waals surface area contributed by atoms with E-state index in [9.17, 15) is 19.2 Å². The van der Waals surface area contributed by atoms with E-state index >= 15 is 0 Å². The second-order valence-corrected chi connectivity index (χ2v) is 9.00. The second-order valence-electron chi connectivity index (χ2n) is 9.00. The molecule has 10 nitrogen and oxygen atoms in total. The number of hydrazine groups is 1. The van der Waals surface area contributed by atoms with E-state index < -0.39 is 36.0 Å². The number of carbonyl (C=O) groups is 4.